The predicted octanol–water partition coefficient (Wildman–Crippen LogP) is 6.77. The van der Waals surface area contributed by atoms with E-state index >= 15 is 0 Å². The Balaban J connectivity index is 0.000000794. The zero-order valence-electron chi connectivity index (χ0n) is 28.8. The van der Waals surface area contributed by atoms with E-state index in [1.807, 2.05) is 26.0 Å². The van der Waals surface area contributed by atoms with E-state index < -0.39 is 17.8 Å². The molecule has 0 aromatic carbocycles. The van der Waals surface area contributed by atoms with Crippen LogP contribution in [0.2, 0.25) is 0 Å². The summed E-state index contributed by atoms with van der Waals surface area (Å²) in [7, 11) is 1.42. The van der Waals surface area contributed by atoms with Crippen LogP contribution in [0.3, 0.4) is 0 Å². The summed E-state index contributed by atoms with van der Waals surface area (Å²) < 4.78 is 4.33. The van der Waals surface area contributed by atoms with E-state index in [1.165, 1.54) is 18.2 Å². The highest BCUT2D eigenvalue weighted by Gasteiger charge is 2.21. The number of carbonyl (C=O) groups is 3. The number of fused-ring (bicyclic) bond motifs is 8. The quantitative estimate of drug-likeness (QED) is 0.158. The number of nitrogens with one attached hydrogen (secondary N) is 2. The Morgan fingerprint density at radius 3 is 1.65 bits per heavy atom. The van der Waals surface area contributed by atoms with Gasteiger partial charge >= 0.3 is 11.9 Å². The Bertz CT molecular complexity index is 2000. The van der Waals surface area contributed by atoms with Gasteiger partial charge in [-0.05, 0) is 122 Å². The number of rotatable bonds is 10. The van der Waals surface area contributed by atoms with Crippen LogP contribution in [0.4, 0.5) is 0 Å². The smallest absolute Gasteiger partial charge is 0.303 e. The van der Waals surface area contributed by atoms with E-state index in [1.54, 1.807) is 0 Å². The first kappa shape index (κ1) is 35.8. The summed E-state index contributed by atoms with van der Waals surface area (Å²) in [6, 6.07) is 8.19. The number of aromatic amines is 2. The number of aromatic nitrogens is 4. The molecule has 0 radical (unpaired) electrons. The summed E-state index contributed by atoms with van der Waals surface area (Å²) in [6.07, 6.45) is 2.39. The number of allylic oxidation sites excluding steroid dienone is 4. The SMILES string of the molecule is CCC1=C(C)c2cc3[nH]c(cc4nc(cc5[nH]c(cc1n2)c(C)c5CCC(=O)O)C(CCC(=O)O)=C4C)c(C)c3CC.COCC(N)=O. The van der Waals surface area contributed by atoms with Gasteiger partial charge in [-0.15, -0.1) is 0 Å². The highest BCUT2D eigenvalue weighted by Crippen LogP contribution is 2.36. The predicted molar refractivity (Wildman–Crippen MR) is 189 cm³/mol. The first-order valence-electron chi connectivity index (χ1n) is 16.1. The number of carbonyl (C=O) groups excluding carboxylic acids is 1. The van der Waals surface area contributed by atoms with Crippen molar-refractivity contribution >= 4 is 62.2 Å². The summed E-state index contributed by atoms with van der Waals surface area (Å²) in [5.74, 6) is -2.16. The zero-order valence-corrected chi connectivity index (χ0v) is 28.8. The number of hydrogen-bond donors (Lipinski definition) is 5. The van der Waals surface area contributed by atoms with Crippen molar-refractivity contribution in [3.05, 3.63) is 69.3 Å². The van der Waals surface area contributed by atoms with Gasteiger partial charge in [0.1, 0.15) is 6.61 Å². The number of hydrogen-bond acceptors (Lipinski definition) is 6. The fourth-order valence-corrected chi connectivity index (χ4v) is 6.36. The van der Waals surface area contributed by atoms with E-state index in [2.05, 4.69) is 60.3 Å². The Labute approximate surface area is 280 Å². The van der Waals surface area contributed by atoms with E-state index in [0.717, 1.165) is 85.4 Å². The molecule has 11 heteroatoms. The number of aryl methyl sites for hydroxylation is 4. The second kappa shape index (κ2) is 15.2. The molecule has 2 aliphatic heterocycles. The third-order valence-electron chi connectivity index (χ3n) is 8.97. The number of carboxylic acid groups (broad SMARTS) is 2. The van der Waals surface area contributed by atoms with Crippen molar-refractivity contribution in [2.45, 2.75) is 80.1 Å². The van der Waals surface area contributed by atoms with Gasteiger partial charge < -0.3 is 30.7 Å². The molecule has 2 aliphatic rings. The van der Waals surface area contributed by atoms with Crippen molar-refractivity contribution in [2.75, 3.05) is 13.7 Å². The lowest BCUT2D eigenvalue weighted by molar-refractivity contribution is -0.137. The van der Waals surface area contributed by atoms with Gasteiger partial charge in [0.25, 0.3) is 0 Å². The van der Waals surface area contributed by atoms with Gasteiger partial charge in [0.15, 0.2) is 0 Å². The molecule has 1 amide bonds. The number of carboxylic acids is 2. The lowest BCUT2D eigenvalue weighted by atomic mass is 10.00. The summed E-state index contributed by atoms with van der Waals surface area (Å²) in [6.45, 7) is 12.5. The van der Waals surface area contributed by atoms with Crippen LogP contribution >= 0.6 is 0 Å². The standard InChI is InChI=1S/C34H38N4O4.C3H7NO2/c1-7-21-17(3)25-13-26-19(5)23(9-11-33(39)40)31(37-26)16-32-24(10-12-34(41)42)20(6)28(38-32)15-30-22(8-2)18(4)27(36-30)14-29(21)35-25;1-6-2-3(4)5/h13-16,35,38H,7-12H2,1-6H3,(H,39,40)(H,41,42);2H2,1H3,(H2,4,5). The zero-order chi connectivity index (χ0) is 35.3. The first-order valence-corrected chi connectivity index (χ1v) is 16.1. The minimum atomic E-state index is -0.864. The highest BCUT2D eigenvalue weighted by atomic mass is 16.5. The van der Waals surface area contributed by atoms with E-state index in [4.69, 9.17) is 9.97 Å². The molecule has 0 atom stereocenters. The van der Waals surface area contributed by atoms with Crippen LogP contribution in [0.1, 0.15) is 98.4 Å². The maximum atomic E-state index is 11.5. The van der Waals surface area contributed by atoms with E-state index in [9.17, 15) is 24.6 Å². The molecule has 3 aromatic heterocycles. The average Bonchev–Trinajstić information content (AvgIpc) is 3.68. The molecular weight excluding hydrogens is 610 g/mol. The van der Waals surface area contributed by atoms with Crippen molar-refractivity contribution in [3.63, 3.8) is 0 Å². The third-order valence-corrected chi connectivity index (χ3v) is 8.97. The summed E-state index contributed by atoms with van der Waals surface area (Å²) in [4.78, 5) is 50.0. The number of H-pyrrole nitrogens is 2. The van der Waals surface area contributed by atoms with Crippen LogP contribution in [0.15, 0.2) is 24.3 Å². The maximum absolute atomic E-state index is 11.5. The minimum Gasteiger partial charge on any atom is -0.481 e. The normalized spacial score (nSPS) is 12.6. The number of methoxy groups -OCH3 is 1. The molecule has 0 spiro atoms. The van der Waals surface area contributed by atoms with Crippen molar-refractivity contribution in [1.82, 2.24) is 19.9 Å². The molecule has 5 heterocycles. The third kappa shape index (κ3) is 7.74. The molecule has 8 bridgehead atoms. The minimum absolute atomic E-state index is 0.00162. The number of nitrogens with two attached hydrogens (primary N) is 1. The van der Waals surface area contributed by atoms with Crippen molar-refractivity contribution in [3.8, 4) is 0 Å². The van der Waals surface area contributed by atoms with Gasteiger partial charge in [0, 0.05) is 42.0 Å². The van der Waals surface area contributed by atoms with Crippen LogP contribution in [-0.4, -0.2) is 61.7 Å². The molecule has 11 nitrogen and oxygen atoms in total. The Kier molecular flexibility index (Phi) is 11.4. The molecule has 3 aromatic rings. The molecule has 0 aliphatic carbocycles. The second-order valence-corrected chi connectivity index (χ2v) is 12.1. The molecule has 0 fully saturated rings. The number of aliphatic carboxylic acids is 2. The fourth-order valence-electron chi connectivity index (χ4n) is 6.36. The summed E-state index contributed by atoms with van der Waals surface area (Å²) >= 11 is 0. The Hall–Kier alpha value is -5.03. The fraction of sp³-hybridized carbons (Fsp3) is 0.378. The number of ether oxygens (including phenoxy) is 1. The number of nitrogens with zero attached hydrogens (tertiary/aromatic N) is 2. The van der Waals surface area contributed by atoms with Crippen LogP contribution < -0.4 is 5.73 Å². The topological polar surface area (TPSA) is 184 Å². The number of amides is 1. The largest absolute Gasteiger partial charge is 0.481 e. The van der Waals surface area contributed by atoms with Gasteiger partial charge in [-0.3, -0.25) is 14.4 Å². The van der Waals surface area contributed by atoms with Gasteiger partial charge in [-0.2, -0.15) is 0 Å². The lowest BCUT2D eigenvalue weighted by Gasteiger charge is -2.03. The summed E-state index contributed by atoms with van der Waals surface area (Å²) in [5.41, 5.74) is 20.0. The second-order valence-electron chi connectivity index (χ2n) is 12.1. The lowest BCUT2D eigenvalue weighted by Crippen LogP contribution is -2.16. The van der Waals surface area contributed by atoms with E-state index in [-0.39, 0.29) is 19.4 Å². The van der Waals surface area contributed by atoms with Crippen molar-refractivity contribution in [1.29, 1.82) is 0 Å². The molecule has 6 N–H and O–H groups in total. The van der Waals surface area contributed by atoms with Crippen LogP contribution in [-0.2, 0) is 32.0 Å². The average molecular weight is 656 g/mol. The Morgan fingerprint density at radius 2 is 1.15 bits per heavy atom. The monoisotopic (exact) mass is 655 g/mol. The van der Waals surface area contributed by atoms with Crippen LogP contribution in [0, 0.1) is 13.8 Å². The molecular formula is C37H45N5O6. The van der Waals surface area contributed by atoms with Gasteiger partial charge in [0.05, 0.1) is 22.8 Å². The van der Waals surface area contributed by atoms with E-state index in [0.29, 0.717) is 18.5 Å². The van der Waals surface area contributed by atoms with Crippen LogP contribution in [0.5, 0.6) is 0 Å². The van der Waals surface area contributed by atoms with Gasteiger partial charge in [-0.25, -0.2) is 9.97 Å². The maximum Gasteiger partial charge on any atom is 0.303 e. The molecule has 0 saturated heterocycles. The van der Waals surface area contributed by atoms with Gasteiger partial charge in [0.2, 0.25) is 5.91 Å². The molecule has 0 unspecified atom stereocenters. The van der Waals surface area contributed by atoms with Crippen molar-refractivity contribution in [2.24, 2.45) is 5.73 Å². The highest BCUT2D eigenvalue weighted by molar-refractivity contribution is 5.95. The van der Waals surface area contributed by atoms with Crippen LogP contribution in [0.25, 0.3) is 44.4 Å². The molecule has 5 rings (SSSR count). The number of primary amides is 1. The first-order chi connectivity index (χ1) is 22.8. The molecule has 0 saturated carbocycles. The molecule has 48 heavy (non-hydrogen) atoms. The van der Waals surface area contributed by atoms with Gasteiger partial charge in [-0.1, -0.05) is 13.8 Å². The Morgan fingerprint density at radius 1 is 0.688 bits per heavy atom. The van der Waals surface area contributed by atoms with Crippen molar-refractivity contribution < 1.29 is 29.3 Å². The molecule has 254 valence electrons. The summed E-state index contributed by atoms with van der Waals surface area (Å²) in [5, 5.41) is 18.9.